The van der Waals surface area contributed by atoms with Gasteiger partial charge in [0.25, 0.3) is 5.91 Å². The molecule has 2 N–H and O–H groups in total. The van der Waals surface area contributed by atoms with Crippen LogP contribution in [-0.4, -0.2) is 17.1 Å². The fraction of sp³-hybridized carbons (Fsp3) is 0.500. The minimum Gasteiger partial charge on any atom is -0.507 e. The highest BCUT2D eigenvalue weighted by molar-refractivity contribution is 5.97. The Bertz CT molecular complexity index is 388. The van der Waals surface area contributed by atoms with Crippen LogP contribution in [0.3, 0.4) is 0 Å². The van der Waals surface area contributed by atoms with Crippen LogP contribution in [0.2, 0.25) is 0 Å². The van der Waals surface area contributed by atoms with Gasteiger partial charge >= 0.3 is 0 Å². The SMILES string of the molecule is CCCCC(C)NC(=O)c1cccc(C)c1O. The van der Waals surface area contributed by atoms with Gasteiger partial charge in [0.15, 0.2) is 0 Å². The Balaban J connectivity index is 2.67. The van der Waals surface area contributed by atoms with Crippen LogP contribution in [0.1, 0.15) is 49.0 Å². The van der Waals surface area contributed by atoms with Crippen LogP contribution in [0, 0.1) is 6.92 Å². The van der Waals surface area contributed by atoms with Crippen molar-refractivity contribution in [1.29, 1.82) is 0 Å². The number of amides is 1. The van der Waals surface area contributed by atoms with Gasteiger partial charge in [0, 0.05) is 6.04 Å². The molecule has 1 atom stereocenters. The van der Waals surface area contributed by atoms with Gasteiger partial charge in [-0.25, -0.2) is 0 Å². The molecular formula is C14H21NO2. The molecule has 1 aromatic carbocycles. The van der Waals surface area contributed by atoms with Gasteiger partial charge in [0.05, 0.1) is 5.56 Å². The molecule has 0 saturated heterocycles. The van der Waals surface area contributed by atoms with E-state index in [2.05, 4.69) is 12.2 Å². The van der Waals surface area contributed by atoms with Crippen LogP contribution in [0.25, 0.3) is 0 Å². The molecule has 0 aliphatic heterocycles. The first-order chi connectivity index (χ1) is 8.06. The summed E-state index contributed by atoms with van der Waals surface area (Å²) < 4.78 is 0. The standard InChI is InChI=1S/C14H21NO2/c1-4-5-8-11(3)15-14(17)12-9-6-7-10(2)13(12)16/h6-7,9,11,16H,4-5,8H2,1-3H3,(H,15,17). The van der Waals surface area contributed by atoms with E-state index in [-0.39, 0.29) is 17.7 Å². The van der Waals surface area contributed by atoms with E-state index < -0.39 is 0 Å². The summed E-state index contributed by atoms with van der Waals surface area (Å²) >= 11 is 0. The summed E-state index contributed by atoms with van der Waals surface area (Å²) in [5.74, 6) is -0.123. The van der Waals surface area contributed by atoms with Crippen molar-refractivity contribution in [1.82, 2.24) is 5.32 Å². The Morgan fingerprint density at radius 3 is 2.82 bits per heavy atom. The monoisotopic (exact) mass is 235 g/mol. The topological polar surface area (TPSA) is 49.3 Å². The quantitative estimate of drug-likeness (QED) is 0.824. The lowest BCUT2D eigenvalue weighted by atomic mass is 10.1. The number of aryl methyl sites for hydroxylation is 1. The normalized spacial score (nSPS) is 12.2. The number of aromatic hydroxyl groups is 1. The minimum atomic E-state index is -0.199. The number of nitrogens with one attached hydrogen (secondary N) is 1. The number of hydrogen-bond donors (Lipinski definition) is 2. The van der Waals surface area contributed by atoms with E-state index in [4.69, 9.17) is 0 Å². The Morgan fingerprint density at radius 1 is 1.47 bits per heavy atom. The lowest BCUT2D eigenvalue weighted by Gasteiger charge is -2.14. The Morgan fingerprint density at radius 2 is 2.18 bits per heavy atom. The van der Waals surface area contributed by atoms with Gasteiger partial charge in [0.2, 0.25) is 0 Å². The van der Waals surface area contributed by atoms with Crippen LogP contribution < -0.4 is 5.32 Å². The summed E-state index contributed by atoms with van der Waals surface area (Å²) in [6.07, 6.45) is 3.19. The lowest BCUT2D eigenvalue weighted by molar-refractivity contribution is 0.0935. The van der Waals surface area contributed by atoms with Crippen molar-refractivity contribution in [3.05, 3.63) is 29.3 Å². The molecule has 3 heteroatoms. The maximum atomic E-state index is 11.9. The fourth-order valence-corrected chi connectivity index (χ4v) is 1.73. The third kappa shape index (κ3) is 3.77. The third-order valence-corrected chi connectivity index (χ3v) is 2.85. The molecule has 0 aliphatic carbocycles. The molecule has 1 amide bonds. The summed E-state index contributed by atoms with van der Waals surface area (Å²) in [7, 11) is 0. The number of unbranched alkanes of at least 4 members (excludes halogenated alkanes) is 1. The number of rotatable bonds is 5. The Labute approximate surface area is 103 Å². The van der Waals surface area contributed by atoms with E-state index in [1.807, 2.05) is 6.92 Å². The van der Waals surface area contributed by atoms with Crippen molar-refractivity contribution in [2.45, 2.75) is 46.1 Å². The van der Waals surface area contributed by atoms with Crippen LogP contribution in [0.4, 0.5) is 0 Å². The molecule has 0 aliphatic rings. The first-order valence-corrected chi connectivity index (χ1v) is 6.15. The first kappa shape index (κ1) is 13.6. The van der Waals surface area contributed by atoms with E-state index >= 15 is 0 Å². The van der Waals surface area contributed by atoms with E-state index in [1.54, 1.807) is 25.1 Å². The lowest BCUT2D eigenvalue weighted by Crippen LogP contribution is -2.32. The number of hydrogen-bond acceptors (Lipinski definition) is 2. The highest BCUT2D eigenvalue weighted by atomic mass is 16.3. The van der Waals surface area contributed by atoms with Gasteiger partial charge in [0.1, 0.15) is 5.75 Å². The van der Waals surface area contributed by atoms with Crippen LogP contribution in [0.5, 0.6) is 5.75 Å². The maximum absolute atomic E-state index is 11.9. The second-order valence-corrected chi connectivity index (χ2v) is 4.49. The van der Waals surface area contributed by atoms with Crippen molar-refractivity contribution in [2.75, 3.05) is 0 Å². The predicted octanol–water partition coefficient (Wildman–Crippen LogP) is 3.01. The van der Waals surface area contributed by atoms with Gasteiger partial charge in [-0.05, 0) is 31.9 Å². The number of carbonyl (C=O) groups is 1. The fourth-order valence-electron chi connectivity index (χ4n) is 1.73. The second kappa shape index (κ2) is 6.28. The molecule has 0 saturated carbocycles. The van der Waals surface area contributed by atoms with Gasteiger partial charge in [-0.2, -0.15) is 0 Å². The summed E-state index contributed by atoms with van der Waals surface area (Å²) in [4.78, 5) is 11.9. The molecule has 0 bridgehead atoms. The van der Waals surface area contributed by atoms with Crippen molar-refractivity contribution < 1.29 is 9.90 Å². The van der Waals surface area contributed by atoms with Crippen LogP contribution in [-0.2, 0) is 0 Å². The number of phenolic OH excluding ortho intramolecular Hbond substituents is 1. The van der Waals surface area contributed by atoms with Gasteiger partial charge in [-0.1, -0.05) is 31.9 Å². The summed E-state index contributed by atoms with van der Waals surface area (Å²) in [6.45, 7) is 5.90. The first-order valence-electron chi connectivity index (χ1n) is 6.15. The molecule has 0 spiro atoms. The van der Waals surface area contributed by atoms with Crippen molar-refractivity contribution in [3.8, 4) is 5.75 Å². The molecule has 0 aromatic heterocycles. The predicted molar refractivity (Wildman–Crippen MR) is 69.3 cm³/mol. The minimum absolute atomic E-state index is 0.0766. The van der Waals surface area contributed by atoms with Crippen molar-refractivity contribution in [2.24, 2.45) is 0 Å². The highest BCUT2D eigenvalue weighted by Crippen LogP contribution is 2.21. The number of benzene rings is 1. The summed E-state index contributed by atoms with van der Waals surface area (Å²) in [5.41, 5.74) is 1.08. The molecule has 1 aromatic rings. The van der Waals surface area contributed by atoms with Crippen LogP contribution >= 0.6 is 0 Å². The van der Waals surface area contributed by atoms with E-state index in [0.29, 0.717) is 5.56 Å². The average Bonchev–Trinajstić information content (AvgIpc) is 2.29. The molecule has 0 heterocycles. The maximum Gasteiger partial charge on any atom is 0.255 e. The smallest absolute Gasteiger partial charge is 0.255 e. The zero-order valence-corrected chi connectivity index (χ0v) is 10.8. The van der Waals surface area contributed by atoms with Gasteiger partial charge in [-0.3, -0.25) is 4.79 Å². The molecular weight excluding hydrogens is 214 g/mol. The second-order valence-electron chi connectivity index (χ2n) is 4.49. The molecule has 94 valence electrons. The number of carbonyl (C=O) groups excluding carboxylic acids is 1. The molecule has 1 rings (SSSR count). The van der Waals surface area contributed by atoms with Gasteiger partial charge in [-0.15, -0.1) is 0 Å². The highest BCUT2D eigenvalue weighted by Gasteiger charge is 2.14. The number of para-hydroxylation sites is 1. The molecule has 3 nitrogen and oxygen atoms in total. The van der Waals surface area contributed by atoms with E-state index in [0.717, 1.165) is 24.8 Å². The number of phenols is 1. The van der Waals surface area contributed by atoms with Gasteiger partial charge < -0.3 is 10.4 Å². The van der Waals surface area contributed by atoms with Crippen LogP contribution in [0.15, 0.2) is 18.2 Å². The average molecular weight is 235 g/mol. The third-order valence-electron chi connectivity index (χ3n) is 2.85. The largest absolute Gasteiger partial charge is 0.507 e. The van der Waals surface area contributed by atoms with E-state index in [9.17, 15) is 9.90 Å². The summed E-state index contributed by atoms with van der Waals surface area (Å²) in [5, 5.41) is 12.7. The Kier molecular flexibility index (Phi) is 5.01. The molecule has 17 heavy (non-hydrogen) atoms. The molecule has 0 fully saturated rings. The zero-order chi connectivity index (χ0) is 12.8. The Hall–Kier alpha value is -1.51. The zero-order valence-electron chi connectivity index (χ0n) is 10.8. The van der Waals surface area contributed by atoms with E-state index in [1.165, 1.54) is 0 Å². The summed E-state index contributed by atoms with van der Waals surface area (Å²) in [6, 6.07) is 5.35. The molecule has 0 radical (unpaired) electrons. The molecule has 1 unspecified atom stereocenters. The van der Waals surface area contributed by atoms with Crippen molar-refractivity contribution >= 4 is 5.91 Å². The van der Waals surface area contributed by atoms with Crippen molar-refractivity contribution in [3.63, 3.8) is 0 Å².